The SMILES string of the molecule is Cc1cnn(C2CC(O)CCC2C(C)C)c(=O)c1. The minimum Gasteiger partial charge on any atom is -0.393 e. The van der Waals surface area contributed by atoms with Crippen LogP contribution in [0.25, 0.3) is 0 Å². The molecular weight excluding hydrogens is 228 g/mol. The van der Waals surface area contributed by atoms with Crippen LogP contribution in [0.4, 0.5) is 0 Å². The summed E-state index contributed by atoms with van der Waals surface area (Å²) in [6.07, 6.45) is 3.85. The van der Waals surface area contributed by atoms with E-state index in [4.69, 9.17) is 0 Å². The Morgan fingerprint density at radius 3 is 2.78 bits per heavy atom. The van der Waals surface area contributed by atoms with E-state index < -0.39 is 0 Å². The molecule has 1 N–H and O–H groups in total. The lowest BCUT2D eigenvalue weighted by atomic mass is 9.77. The highest BCUT2D eigenvalue weighted by Crippen LogP contribution is 2.37. The molecule has 0 aliphatic heterocycles. The Morgan fingerprint density at radius 2 is 2.17 bits per heavy atom. The lowest BCUT2D eigenvalue weighted by Gasteiger charge is -2.36. The Balaban J connectivity index is 2.35. The van der Waals surface area contributed by atoms with Gasteiger partial charge in [-0.15, -0.1) is 0 Å². The Labute approximate surface area is 108 Å². The molecule has 0 spiro atoms. The molecule has 1 aliphatic rings. The molecule has 0 aromatic carbocycles. The van der Waals surface area contributed by atoms with Crippen LogP contribution in [-0.4, -0.2) is 21.0 Å². The van der Waals surface area contributed by atoms with Gasteiger partial charge in [0.1, 0.15) is 0 Å². The molecule has 1 aliphatic carbocycles. The average molecular weight is 250 g/mol. The highest BCUT2D eigenvalue weighted by molar-refractivity contribution is 5.03. The summed E-state index contributed by atoms with van der Waals surface area (Å²) in [5, 5.41) is 14.1. The highest BCUT2D eigenvalue weighted by Gasteiger charge is 2.33. The zero-order valence-corrected chi connectivity index (χ0v) is 11.3. The molecule has 3 atom stereocenters. The summed E-state index contributed by atoms with van der Waals surface area (Å²) in [5.74, 6) is 0.916. The maximum Gasteiger partial charge on any atom is 0.267 e. The van der Waals surface area contributed by atoms with Gasteiger partial charge in [-0.05, 0) is 43.6 Å². The topological polar surface area (TPSA) is 55.1 Å². The molecule has 0 bridgehead atoms. The van der Waals surface area contributed by atoms with Crippen molar-refractivity contribution in [2.24, 2.45) is 11.8 Å². The molecular formula is C14H22N2O2. The molecule has 18 heavy (non-hydrogen) atoms. The fourth-order valence-electron chi connectivity index (χ4n) is 2.96. The Morgan fingerprint density at radius 1 is 1.44 bits per heavy atom. The van der Waals surface area contributed by atoms with Gasteiger partial charge in [-0.3, -0.25) is 4.79 Å². The molecule has 1 aromatic rings. The standard InChI is InChI=1S/C14H22N2O2/c1-9(2)12-5-4-11(17)7-13(12)16-14(18)6-10(3)8-15-16/h6,8-9,11-13,17H,4-5,7H2,1-3H3. The first kappa shape index (κ1) is 13.3. The van der Waals surface area contributed by atoms with Crippen molar-refractivity contribution in [2.75, 3.05) is 0 Å². The Kier molecular flexibility index (Phi) is 3.85. The minimum absolute atomic E-state index is 0.0295. The van der Waals surface area contributed by atoms with Crippen molar-refractivity contribution >= 4 is 0 Å². The number of rotatable bonds is 2. The van der Waals surface area contributed by atoms with Crippen LogP contribution < -0.4 is 5.56 Å². The normalized spacial score (nSPS) is 28.6. The van der Waals surface area contributed by atoms with Crippen molar-refractivity contribution in [3.63, 3.8) is 0 Å². The molecule has 1 saturated carbocycles. The first-order valence-electron chi connectivity index (χ1n) is 6.72. The summed E-state index contributed by atoms with van der Waals surface area (Å²) in [4.78, 5) is 12.0. The maximum atomic E-state index is 12.0. The molecule has 1 heterocycles. The largest absolute Gasteiger partial charge is 0.393 e. The van der Waals surface area contributed by atoms with Gasteiger partial charge in [-0.25, -0.2) is 4.68 Å². The third-order valence-corrected chi connectivity index (χ3v) is 3.97. The van der Waals surface area contributed by atoms with E-state index in [1.165, 1.54) is 0 Å². The Bertz CT molecular complexity index is 467. The van der Waals surface area contributed by atoms with E-state index in [0.717, 1.165) is 18.4 Å². The first-order valence-corrected chi connectivity index (χ1v) is 6.72. The number of aryl methyl sites for hydroxylation is 1. The zero-order valence-electron chi connectivity index (χ0n) is 11.3. The third kappa shape index (κ3) is 2.64. The van der Waals surface area contributed by atoms with E-state index in [9.17, 15) is 9.90 Å². The number of hydrogen-bond acceptors (Lipinski definition) is 3. The molecule has 3 unspecified atom stereocenters. The van der Waals surface area contributed by atoms with Gasteiger partial charge in [0.05, 0.1) is 18.3 Å². The summed E-state index contributed by atoms with van der Waals surface area (Å²) in [7, 11) is 0. The lowest BCUT2D eigenvalue weighted by Crippen LogP contribution is -2.38. The van der Waals surface area contributed by atoms with E-state index in [-0.39, 0.29) is 17.7 Å². The van der Waals surface area contributed by atoms with Gasteiger partial charge in [0.25, 0.3) is 5.56 Å². The van der Waals surface area contributed by atoms with Crippen molar-refractivity contribution in [3.05, 3.63) is 28.2 Å². The van der Waals surface area contributed by atoms with Crippen LogP contribution in [0.2, 0.25) is 0 Å². The fourth-order valence-corrected chi connectivity index (χ4v) is 2.96. The van der Waals surface area contributed by atoms with Gasteiger partial charge in [-0.1, -0.05) is 13.8 Å². The smallest absolute Gasteiger partial charge is 0.267 e. The van der Waals surface area contributed by atoms with E-state index in [2.05, 4.69) is 18.9 Å². The highest BCUT2D eigenvalue weighted by atomic mass is 16.3. The molecule has 0 saturated heterocycles. The third-order valence-electron chi connectivity index (χ3n) is 3.97. The van der Waals surface area contributed by atoms with Gasteiger partial charge in [0, 0.05) is 6.07 Å². The summed E-state index contributed by atoms with van der Waals surface area (Å²) >= 11 is 0. The lowest BCUT2D eigenvalue weighted by molar-refractivity contribution is 0.0501. The van der Waals surface area contributed by atoms with Gasteiger partial charge >= 0.3 is 0 Å². The molecule has 1 fully saturated rings. The molecule has 0 amide bonds. The minimum atomic E-state index is -0.306. The van der Waals surface area contributed by atoms with Crippen LogP contribution in [-0.2, 0) is 0 Å². The van der Waals surface area contributed by atoms with Crippen molar-refractivity contribution in [3.8, 4) is 0 Å². The molecule has 1 aromatic heterocycles. The zero-order chi connectivity index (χ0) is 13.3. The summed E-state index contributed by atoms with van der Waals surface area (Å²) < 4.78 is 1.57. The van der Waals surface area contributed by atoms with Crippen LogP contribution in [0.5, 0.6) is 0 Å². The van der Waals surface area contributed by atoms with E-state index in [0.29, 0.717) is 18.3 Å². The van der Waals surface area contributed by atoms with Gasteiger partial charge in [0.15, 0.2) is 0 Å². The predicted molar refractivity (Wildman–Crippen MR) is 70.5 cm³/mol. The van der Waals surface area contributed by atoms with Crippen LogP contribution >= 0.6 is 0 Å². The number of aliphatic hydroxyl groups excluding tert-OH is 1. The summed E-state index contributed by atoms with van der Waals surface area (Å²) in [5.41, 5.74) is 0.827. The molecule has 0 radical (unpaired) electrons. The van der Waals surface area contributed by atoms with E-state index in [1.54, 1.807) is 16.9 Å². The first-order chi connectivity index (χ1) is 8.49. The van der Waals surface area contributed by atoms with Gasteiger partial charge < -0.3 is 5.11 Å². The van der Waals surface area contributed by atoms with Gasteiger partial charge in [0.2, 0.25) is 0 Å². The molecule has 4 heteroatoms. The predicted octanol–water partition coefficient (Wildman–Crippen LogP) is 1.91. The monoisotopic (exact) mass is 250 g/mol. The number of nitrogens with zero attached hydrogens (tertiary/aromatic N) is 2. The van der Waals surface area contributed by atoms with Crippen LogP contribution in [0.1, 0.15) is 44.7 Å². The van der Waals surface area contributed by atoms with Crippen LogP contribution in [0, 0.1) is 18.8 Å². The summed E-state index contributed by atoms with van der Waals surface area (Å²) in [6.45, 7) is 6.22. The second-order valence-corrected chi connectivity index (χ2v) is 5.76. The van der Waals surface area contributed by atoms with E-state index >= 15 is 0 Å². The van der Waals surface area contributed by atoms with Crippen molar-refractivity contribution in [1.29, 1.82) is 0 Å². The number of hydrogen-bond donors (Lipinski definition) is 1. The van der Waals surface area contributed by atoms with Crippen molar-refractivity contribution in [2.45, 2.75) is 52.2 Å². The second kappa shape index (κ2) is 5.22. The quantitative estimate of drug-likeness (QED) is 0.872. The number of aromatic nitrogens is 2. The average Bonchev–Trinajstić information content (AvgIpc) is 2.28. The van der Waals surface area contributed by atoms with Crippen LogP contribution in [0.15, 0.2) is 17.1 Å². The van der Waals surface area contributed by atoms with Crippen LogP contribution in [0.3, 0.4) is 0 Å². The Hall–Kier alpha value is -1.16. The fraction of sp³-hybridized carbons (Fsp3) is 0.714. The second-order valence-electron chi connectivity index (χ2n) is 5.76. The van der Waals surface area contributed by atoms with Crippen molar-refractivity contribution < 1.29 is 5.11 Å². The molecule has 2 rings (SSSR count). The molecule has 4 nitrogen and oxygen atoms in total. The summed E-state index contributed by atoms with van der Waals surface area (Å²) in [6, 6.07) is 1.65. The van der Waals surface area contributed by atoms with Crippen molar-refractivity contribution in [1.82, 2.24) is 9.78 Å². The maximum absolute atomic E-state index is 12.0. The van der Waals surface area contributed by atoms with E-state index in [1.807, 2.05) is 6.92 Å². The van der Waals surface area contributed by atoms with Gasteiger partial charge in [-0.2, -0.15) is 5.10 Å². The number of aliphatic hydroxyl groups is 1. The molecule has 100 valence electrons.